The van der Waals surface area contributed by atoms with Crippen molar-refractivity contribution in [3.05, 3.63) is 27.5 Å². The van der Waals surface area contributed by atoms with Gasteiger partial charge in [-0.05, 0) is 29.9 Å². The minimum atomic E-state index is -0.810. The number of rotatable bonds is 4. The molecule has 2 N–H and O–H groups in total. The van der Waals surface area contributed by atoms with E-state index in [4.69, 9.17) is 5.11 Å². The zero-order valence-electron chi connectivity index (χ0n) is 11.4. The molecule has 0 saturated heterocycles. The van der Waals surface area contributed by atoms with Gasteiger partial charge in [-0.25, -0.2) is 0 Å². The second-order valence-electron chi connectivity index (χ2n) is 5.25. The summed E-state index contributed by atoms with van der Waals surface area (Å²) in [4.78, 5) is 22.9. The lowest BCUT2D eigenvalue weighted by Gasteiger charge is -2.26. The fraction of sp³-hybridized carbons (Fsp3) is 0.571. The zero-order chi connectivity index (χ0) is 14.0. The second-order valence-corrected chi connectivity index (χ2v) is 5.25. The molecule has 0 aliphatic carbocycles. The van der Waals surface area contributed by atoms with Crippen LogP contribution in [0, 0.1) is 0 Å². The van der Waals surface area contributed by atoms with Crippen molar-refractivity contribution in [2.75, 3.05) is 11.9 Å². The number of nitrogens with zero attached hydrogens (tertiary/aromatic N) is 1. The smallest absolute Gasteiger partial charge is 0.303 e. The third-order valence-corrected chi connectivity index (χ3v) is 3.51. The summed E-state index contributed by atoms with van der Waals surface area (Å²) in [5.41, 5.74) is 1.95. The molecule has 2 heterocycles. The number of aliphatic carboxylic acids is 1. The van der Waals surface area contributed by atoms with Crippen LogP contribution in [0.4, 0.5) is 5.82 Å². The molecular formula is C14H20N2O3. The fourth-order valence-electron chi connectivity index (χ4n) is 2.59. The van der Waals surface area contributed by atoms with Gasteiger partial charge >= 0.3 is 5.97 Å². The molecule has 0 saturated carbocycles. The Morgan fingerprint density at radius 1 is 1.53 bits per heavy atom. The van der Waals surface area contributed by atoms with Crippen molar-refractivity contribution in [3.63, 3.8) is 0 Å². The number of aromatic nitrogens is 1. The van der Waals surface area contributed by atoms with Gasteiger partial charge in [-0.2, -0.15) is 0 Å². The average molecular weight is 264 g/mol. The van der Waals surface area contributed by atoms with E-state index in [1.54, 1.807) is 10.6 Å². The van der Waals surface area contributed by atoms with Gasteiger partial charge in [-0.3, -0.25) is 14.2 Å². The van der Waals surface area contributed by atoms with Gasteiger partial charge in [0.25, 0.3) is 5.56 Å². The number of pyridine rings is 1. The van der Waals surface area contributed by atoms with Crippen LogP contribution in [0.2, 0.25) is 0 Å². The lowest BCUT2D eigenvalue weighted by atomic mass is 9.94. The number of hydrogen-bond acceptors (Lipinski definition) is 3. The second kappa shape index (κ2) is 5.47. The highest BCUT2D eigenvalue weighted by Gasteiger charge is 2.20. The summed E-state index contributed by atoms with van der Waals surface area (Å²) in [7, 11) is 0. The SMILES string of the molecule is CC(C)c1cc(=O)n2c(c1CCC(=O)O)NCCC2. The van der Waals surface area contributed by atoms with Crippen molar-refractivity contribution >= 4 is 11.8 Å². The molecule has 5 heteroatoms. The summed E-state index contributed by atoms with van der Waals surface area (Å²) in [6, 6.07) is 1.67. The first kappa shape index (κ1) is 13.6. The molecule has 1 aromatic heterocycles. The molecule has 0 aromatic carbocycles. The molecule has 0 radical (unpaired) electrons. The van der Waals surface area contributed by atoms with E-state index >= 15 is 0 Å². The summed E-state index contributed by atoms with van der Waals surface area (Å²) in [5.74, 6) is 0.227. The Labute approximate surface area is 112 Å². The van der Waals surface area contributed by atoms with Crippen molar-refractivity contribution in [2.24, 2.45) is 0 Å². The monoisotopic (exact) mass is 264 g/mol. The van der Waals surface area contributed by atoms with E-state index in [9.17, 15) is 9.59 Å². The standard InChI is InChI=1S/C14H20N2O3/c1-9(2)11-8-12(17)16-7-3-6-15-14(16)10(11)4-5-13(18)19/h8-9,15H,3-7H2,1-2H3,(H,18,19). The quantitative estimate of drug-likeness (QED) is 0.870. The third-order valence-electron chi connectivity index (χ3n) is 3.51. The molecule has 5 nitrogen and oxygen atoms in total. The maximum absolute atomic E-state index is 12.1. The van der Waals surface area contributed by atoms with Crippen LogP contribution in [0.1, 0.15) is 43.7 Å². The zero-order valence-corrected chi connectivity index (χ0v) is 11.4. The molecule has 0 unspecified atom stereocenters. The minimum absolute atomic E-state index is 0.00461. The first-order chi connectivity index (χ1) is 9.00. The number of nitrogens with one attached hydrogen (secondary N) is 1. The summed E-state index contributed by atoms with van der Waals surface area (Å²) in [6.07, 6.45) is 1.48. The molecule has 1 aliphatic rings. The molecule has 1 aliphatic heterocycles. The van der Waals surface area contributed by atoms with Crippen molar-refractivity contribution in [1.82, 2.24) is 4.57 Å². The van der Waals surface area contributed by atoms with Crippen LogP contribution in [0.5, 0.6) is 0 Å². The number of fused-ring (bicyclic) bond motifs is 1. The summed E-state index contributed by atoms with van der Waals surface area (Å²) >= 11 is 0. The Kier molecular flexibility index (Phi) is 3.93. The van der Waals surface area contributed by atoms with Gasteiger partial charge in [0.05, 0.1) is 0 Å². The van der Waals surface area contributed by atoms with Gasteiger partial charge in [0.2, 0.25) is 0 Å². The van der Waals surface area contributed by atoms with Crippen LogP contribution >= 0.6 is 0 Å². The highest BCUT2D eigenvalue weighted by Crippen LogP contribution is 2.27. The molecule has 104 valence electrons. The van der Waals surface area contributed by atoms with E-state index in [0.29, 0.717) is 13.0 Å². The molecular weight excluding hydrogens is 244 g/mol. The van der Waals surface area contributed by atoms with Gasteiger partial charge in [0, 0.05) is 25.6 Å². The van der Waals surface area contributed by atoms with Gasteiger partial charge in [0.15, 0.2) is 0 Å². The molecule has 0 spiro atoms. The van der Waals surface area contributed by atoms with Crippen LogP contribution in [-0.4, -0.2) is 22.2 Å². The van der Waals surface area contributed by atoms with Crippen LogP contribution in [0.3, 0.4) is 0 Å². The van der Waals surface area contributed by atoms with Gasteiger partial charge in [-0.15, -0.1) is 0 Å². The number of hydrogen-bond donors (Lipinski definition) is 2. The van der Waals surface area contributed by atoms with E-state index in [0.717, 1.165) is 29.9 Å². The Bertz CT molecular complexity index is 546. The first-order valence-electron chi connectivity index (χ1n) is 6.73. The Hall–Kier alpha value is -1.78. The largest absolute Gasteiger partial charge is 0.481 e. The molecule has 1 aromatic rings. The van der Waals surface area contributed by atoms with Gasteiger partial charge in [-0.1, -0.05) is 13.8 Å². The normalized spacial score (nSPS) is 14.1. The summed E-state index contributed by atoms with van der Waals surface area (Å²) in [5, 5.41) is 12.1. The van der Waals surface area contributed by atoms with E-state index in [1.807, 2.05) is 13.8 Å². The number of anilines is 1. The predicted molar refractivity (Wildman–Crippen MR) is 73.9 cm³/mol. The van der Waals surface area contributed by atoms with Gasteiger partial charge < -0.3 is 10.4 Å². The van der Waals surface area contributed by atoms with Gasteiger partial charge in [0.1, 0.15) is 5.82 Å². The fourth-order valence-corrected chi connectivity index (χ4v) is 2.59. The van der Waals surface area contributed by atoms with Crippen molar-refractivity contribution in [3.8, 4) is 0 Å². The van der Waals surface area contributed by atoms with E-state index in [2.05, 4.69) is 5.32 Å². The van der Waals surface area contributed by atoms with E-state index in [1.165, 1.54) is 0 Å². The molecule has 0 bridgehead atoms. The molecule has 0 amide bonds. The maximum Gasteiger partial charge on any atom is 0.303 e. The highest BCUT2D eigenvalue weighted by atomic mass is 16.4. The van der Waals surface area contributed by atoms with Crippen molar-refractivity contribution in [1.29, 1.82) is 0 Å². The lowest BCUT2D eigenvalue weighted by Crippen LogP contribution is -2.31. The van der Waals surface area contributed by atoms with Crippen LogP contribution < -0.4 is 10.9 Å². The van der Waals surface area contributed by atoms with Crippen LogP contribution in [0.15, 0.2) is 10.9 Å². The van der Waals surface area contributed by atoms with E-state index < -0.39 is 5.97 Å². The Balaban J connectivity index is 2.52. The summed E-state index contributed by atoms with van der Waals surface area (Å²) < 4.78 is 1.73. The Morgan fingerprint density at radius 2 is 2.26 bits per heavy atom. The topological polar surface area (TPSA) is 71.3 Å². The minimum Gasteiger partial charge on any atom is -0.481 e. The highest BCUT2D eigenvalue weighted by molar-refractivity contribution is 5.68. The molecule has 2 rings (SSSR count). The molecule has 0 fully saturated rings. The third kappa shape index (κ3) is 2.80. The van der Waals surface area contributed by atoms with Crippen LogP contribution in [-0.2, 0) is 17.8 Å². The average Bonchev–Trinajstić information content (AvgIpc) is 2.37. The van der Waals surface area contributed by atoms with Crippen molar-refractivity contribution < 1.29 is 9.90 Å². The van der Waals surface area contributed by atoms with Crippen molar-refractivity contribution in [2.45, 2.75) is 45.6 Å². The Morgan fingerprint density at radius 3 is 2.89 bits per heavy atom. The number of carboxylic acids is 1. The molecule has 0 atom stereocenters. The van der Waals surface area contributed by atoms with Crippen LogP contribution in [0.25, 0.3) is 0 Å². The first-order valence-corrected chi connectivity index (χ1v) is 6.73. The summed E-state index contributed by atoms with van der Waals surface area (Å²) in [6.45, 7) is 5.60. The maximum atomic E-state index is 12.1. The van der Waals surface area contributed by atoms with E-state index in [-0.39, 0.29) is 17.9 Å². The molecule has 19 heavy (non-hydrogen) atoms. The number of carbonyl (C=O) groups is 1. The number of carboxylic acid groups (broad SMARTS) is 1. The lowest BCUT2D eigenvalue weighted by molar-refractivity contribution is -0.136. The predicted octanol–water partition coefficient (Wildman–Crippen LogP) is 1.80.